The lowest BCUT2D eigenvalue weighted by molar-refractivity contribution is -0.123. The van der Waals surface area contributed by atoms with E-state index in [9.17, 15) is 9.59 Å². The molecule has 2 aromatic carbocycles. The molecule has 1 N–H and O–H groups in total. The highest BCUT2D eigenvalue weighted by atomic mass is 35.5. The molecule has 0 spiro atoms. The number of halogens is 1. The van der Waals surface area contributed by atoms with Gasteiger partial charge in [0.25, 0.3) is 5.91 Å². The van der Waals surface area contributed by atoms with Gasteiger partial charge in [-0.25, -0.2) is 4.79 Å². The van der Waals surface area contributed by atoms with Gasteiger partial charge in [-0.15, -0.1) is 0 Å². The predicted octanol–water partition coefficient (Wildman–Crippen LogP) is 4.78. The molecule has 1 aliphatic heterocycles. The summed E-state index contributed by atoms with van der Waals surface area (Å²) >= 11 is 6.20. The van der Waals surface area contributed by atoms with Crippen molar-refractivity contribution in [2.24, 2.45) is 0 Å². The highest BCUT2D eigenvalue weighted by molar-refractivity contribution is 6.30. The monoisotopic (exact) mass is 511 g/mol. The molecule has 0 radical (unpaired) electrons. The number of morpholine rings is 1. The summed E-state index contributed by atoms with van der Waals surface area (Å²) in [6, 6.07) is 14.6. The Kier molecular flexibility index (Phi) is 7.86. The van der Waals surface area contributed by atoms with Gasteiger partial charge in [-0.2, -0.15) is 0 Å². The zero-order valence-corrected chi connectivity index (χ0v) is 21.6. The molecule has 3 aromatic rings. The van der Waals surface area contributed by atoms with Crippen LogP contribution in [-0.2, 0) is 14.3 Å². The summed E-state index contributed by atoms with van der Waals surface area (Å²) in [7, 11) is 1.58. The van der Waals surface area contributed by atoms with Crippen molar-refractivity contribution in [3.8, 4) is 11.4 Å². The number of nitrogens with one attached hydrogen (secondary N) is 1. The van der Waals surface area contributed by atoms with Gasteiger partial charge in [0.15, 0.2) is 6.10 Å². The fraction of sp³-hybridized carbons (Fsp3) is 0.333. The van der Waals surface area contributed by atoms with Crippen LogP contribution in [0.25, 0.3) is 5.69 Å². The Morgan fingerprint density at radius 1 is 1.06 bits per heavy atom. The Morgan fingerprint density at radius 2 is 1.75 bits per heavy atom. The number of aryl methyl sites for hydroxylation is 1. The first-order valence-corrected chi connectivity index (χ1v) is 12.1. The predicted molar refractivity (Wildman–Crippen MR) is 140 cm³/mol. The zero-order valence-electron chi connectivity index (χ0n) is 20.8. The zero-order chi connectivity index (χ0) is 25.8. The smallest absolute Gasteiger partial charge is 0.340 e. The summed E-state index contributed by atoms with van der Waals surface area (Å²) in [5.74, 6) is -0.373. The highest BCUT2D eigenvalue weighted by Crippen LogP contribution is 2.31. The van der Waals surface area contributed by atoms with Crippen molar-refractivity contribution in [3.63, 3.8) is 0 Å². The van der Waals surface area contributed by atoms with Crippen LogP contribution < -0.4 is 15.0 Å². The fourth-order valence-corrected chi connectivity index (χ4v) is 4.44. The number of aromatic nitrogens is 1. The maximum Gasteiger partial charge on any atom is 0.340 e. The van der Waals surface area contributed by atoms with Crippen molar-refractivity contribution < 1.29 is 23.8 Å². The Bertz CT molecular complexity index is 1250. The molecule has 1 saturated heterocycles. The van der Waals surface area contributed by atoms with E-state index in [2.05, 4.69) is 10.2 Å². The molecule has 1 amide bonds. The van der Waals surface area contributed by atoms with Crippen LogP contribution in [0.4, 0.5) is 11.4 Å². The van der Waals surface area contributed by atoms with E-state index in [1.54, 1.807) is 38.3 Å². The number of methoxy groups -OCH3 is 1. The van der Waals surface area contributed by atoms with Crippen LogP contribution in [0.5, 0.6) is 5.75 Å². The van der Waals surface area contributed by atoms with Gasteiger partial charge in [0, 0.05) is 40.9 Å². The number of rotatable bonds is 7. The van der Waals surface area contributed by atoms with Crippen molar-refractivity contribution in [3.05, 3.63) is 70.5 Å². The Morgan fingerprint density at radius 3 is 2.42 bits per heavy atom. The molecule has 1 unspecified atom stereocenters. The van der Waals surface area contributed by atoms with E-state index in [0.717, 1.165) is 24.5 Å². The van der Waals surface area contributed by atoms with Gasteiger partial charge in [-0.3, -0.25) is 4.79 Å². The van der Waals surface area contributed by atoms with Crippen LogP contribution in [0.3, 0.4) is 0 Å². The van der Waals surface area contributed by atoms with Crippen molar-refractivity contribution >= 4 is 34.9 Å². The molecule has 2 heterocycles. The van der Waals surface area contributed by atoms with Gasteiger partial charge < -0.3 is 29.0 Å². The van der Waals surface area contributed by atoms with Crippen LogP contribution in [0.2, 0.25) is 5.02 Å². The van der Waals surface area contributed by atoms with E-state index >= 15 is 0 Å². The summed E-state index contributed by atoms with van der Waals surface area (Å²) in [5.41, 5.74) is 4.24. The lowest BCUT2D eigenvalue weighted by Crippen LogP contribution is -2.36. The number of nitrogens with zero attached hydrogens (tertiary/aromatic N) is 2. The summed E-state index contributed by atoms with van der Waals surface area (Å²) in [6.45, 7) is 8.32. The molecule has 1 aromatic heterocycles. The van der Waals surface area contributed by atoms with E-state index in [-0.39, 0.29) is 0 Å². The topological polar surface area (TPSA) is 82.0 Å². The quantitative estimate of drug-likeness (QED) is 0.460. The maximum atomic E-state index is 13.0. The van der Waals surface area contributed by atoms with Crippen molar-refractivity contribution in [2.75, 3.05) is 43.6 Å². The van der Waals surface area contributed by atoms with E-state index in [0.29, 0.717) is 46.6 Å². The van der Waals surface area contributed by atoms with Crippen molar-refractivity contribution in [1.82, 2.24) is 4.57 Å². The van der Waals surface area contributed by atoms with E-state index in [1.165, 1.54) is 0 Å². The Labute approximate surface area is 215 Å². The van der Waals surface area contributed by atoms with Gasteiger partial charge in [0.2, 0.25) is 0 Å². The third-order valence-electron chi connectivity index (χ3n) is 6.20. The summed E-state index contributed by atoms with van der Waals surface area (Å²) in [6.07, 6.45) is -0.986. The van der Waals surface area contributed by atoms with E-state index in [4.69, 9.17) is 25.8 Å². The number of hydrogen-bond acceptors (Lipinski definition) is 6. The molecular weight excluding hydrogens is 482 g/mol. The average molecular weight is 512 g/mol. The molecule has 8 nitrogen and oxygen atoms in total. The largest absolute Gasteiger partial charge is 0.495 e. The van der Waals surface area contributed by atoms with Gasteiger partial charge >= 0.3 is 5.97 Å². The molecule has 190 valence electrons. The number of amides is 1. The minimum absolute atomic E-state index is 0.365. The van der Waals surface area contributed by atoms with Crippen molar-refractivity contribution in [2.45, 2.75) is 26.9 Å². The Hall–Kier alpha value is -3.49. The van der Waals surface area contributed by atoms with Crippen LogP contribution in [0.15, 0.2) is 48.5 Å². The molecular formula is C27H30ClN3O5. The van der Waals surface area contributed by atoms with Crippen LogP contribution >= 0.6 is 11.6 Å². The standard InChI is InChI=1S/C27H30ClN3O5/c1-17-15-23(18(2)31(17)24-16-20(28)5-10-25(24)34-4)27(33)36-19(3)26(32)29-21-6-8-22(9-7-21)30-11-13-35-14-12-30/h5-10,15-16,19H,11-14H2,1-4H3,(H,29,32). The van der Waals surface area contributed by atoms with E-state index < -0.39 is 18.0 Å². The highest BCUT2D eigenvalue weighted by Gasteiger charge is 2.24. The Balaban J connectivity index is 1.43. The first-order chi connectivity index (χ1) is 17.3. The number of ether oxygens (including phenoxy) is 3. The van der Waals surface area contributed by atoms with Crippen molar-refractivity contribution in [1.29, 1.82) is 0 Å². The molecule has 0 saturated carbocycles. The minimum atomic E-state index is -0.986. The van der Waals surface area contributed by atoms with Gasteiger partial charge in [-0.1, -0.05) is 11.6 Å². The molecule has 1 fully saturated rings. The van der Waals surface area contributed by atoms with Crippen LogP contribution in [0, 0.1) is 13.8 Å². The molecule has 4 rings (SSSR count). The van der Waals surface area contributed by atoms with Gasteiger partial charge in [0.05, 0.1) is 31.6 Å². The number of carbonyl (C=O) groups excluding carboxylic acids is 2. The molecule has 1 aliphatic rings. The van der Waals surface area contributed by atoms with Crippen LogP contribution in [-0.4, -0.2) is 56.0 Å². The van der Waals surface area contributed by atoms with Crippen LogP contribution in [0.1, 0.15) is 28.7 Å². The molecule has 36 heavy (non-hydrogen) atoms. The summed E-state index contributed by atoms with van der Waals surface area (Å²) in [5, 5.41) is 3.36. The molecule has 9 heteroatoms. The number of hydrogen-bond donors (Lipinski definition) is 1. The third-order valence-corrected chi connectivity index (χ3v) is 6.43. The average Bonchev–Trinajstić information content (AvgIpc) is 3.18. The second kappa shape index (κ2) is 11.1. The second-order valence-electron chi connectivity index (χ2n) is 8.62. The number of esters is 1. The fourth-order valence-electron chi connectivity index (χ4n) is 4.28. The first kappa shape index (κ1) is 25.6. The summed E-state index contributed by atoms with van der Waals surface area (Å²) < 4.78 is 18.2. The third kappa shape index (κ3) is 5.50. The van der Waals surface area contributed by atoms with Gasteiger partial charge in [0.1, 0.15) is 5.75 Å². The molecule has 0 bridgehead atoms. The maximum absolute atomic E-state index is 13.0. The minimum Gasteiger partial charge on any atom is -0.495 e. The molecule has 1 atom stereocenters. The van der Waals surface area contributed by atoms with E-state index in [1.807, 2.05) is 42.7 Å². The number of anilines is 2. The lowest BCUT2D eigenvalue weighted by Gasteiger charge is -2.28. The normalized spacial score (nSPS) is 14.3. The second-order valence-corrected chi connectivity index (χ2v) is 9.06. The number of benzene rings is 2. The number of carbonyl (C=O) groups is 2. The summed E-state index contributed by atoms with van der Waals surface area (Å²) in [4.78, 5) is 27.9. The molecule has 0 aliphatic carbocycles. The van der Waals surface area contributed by atoms with Gasteiger partial charge in [-0.05, 0) is 69.3 Å². The lowest BCUT2D eigenvalue weighted by atomic mass is 10.2. The first-order valence-electron chi connectivity index (χ1n) is 11.8. The SMILES string of the molecule is COc1ccc(Cl)cc1-n1c(C)cc(C(=O)OC(C)C(=O)Nc2ccc(N3CCOCC3)cc2)c1C.